The fourth-order valence-corrected chi connectivity index (χ4v) is 2.26. The van der Waals surface area contributed by atoms with Gasteiger partial charge in [0.1, 0.15) is 5.82 Å². The van der Waals surface area contributed by atoms with Crippen molar-refractivity contribution in [3.63, 3.8) is 0 Å². The summed E-state index contributed by atoms with van der Waals surface area (Å²) in [5, 5.41) is 10.8. The lowest BCUT2D eigenvalue weighted by molar-refractivity contribution is 0.512. The smallest absolute Gasteiger partial charge is 0.130 e. The van der Waals surface area contributed by atoms with Crippen LogP contribution in [-0.2, 0) is 20.0 Å². The summed E-state index contributed by atoms with van der Waals surface area (Å²) < 4.78 is 1.77. The number of nitrogens with zero attached hydrogens (tertiary/aromatic N) is 3. The van der Waals surface area contributed by atoms with Gasteiger partial charge in [0.15, 0.2) is 0 Å². The predicted octanol–water partition coefficient (Wildman–Crippen LogP) is 1.59. The van der Waals surface area contributed by atoms with Crippen LogP contribution >= 0.6 is 0 Å². The van der Waals surface area contributed by atoms with E-state index in [-0.39, 0.29) is 0 Å². The molecule has 0 unspecified atom stereocenters. The van der Waals surface area contributed by atoms with Gasteiger partial charge < -0.3 is 10.6 Å². The molecule has 0 fully saturated rings. The molecule has 2 aromatic rings. The molecule has 0 radical (unpaired) electrons. The lowest BCUT2D eigenvalue weighted by atomic mass is 9.99. The molecule has 2 N–H and O–H groups in total. The van der Waals surface area contributed by atoms with Crippen LogP contribution in [0.4, 0.5) is 11.5 Å². The van der Waals surface area contributed by atoms with E-state index in [9.17, 15) is 0 Å². The van der Waals surface area contributed by atoms with E-state index in [2.05, 4.69) is 33.7 Å². The highest BCUT2D eigenvalue weighted by Crippen LogP contribution is 2.20. The molecule has 0 amide bonds. The van der Waals surface area contributed by atoms with E-state index in [4.69, 9.17) is 0 Å². The van der Waals surface area contributed by atoms with Crippen molar-refractivity contribution in [1.82, 2.24) is 20.1 Å². The summed E-state index contributed by atoms with van der Waals surface area (Å²) in [5.74, 6) is 0.873. The van der Waals surface area contributed by atoms with E-state index in [1.807, 2.05) is 19.4 Å². The molecule has 18 heavy (non-hydrogen) atoms. The zero-order chi connectivity index (χ0) is 12.5. The van der Waals surface area contributed by atoms with Crippen molar-refractivity contribution in [1.29, 1.82) is 0 Å². The first-order valence-corrected chi connectivity index (χ1v) is 6.17. The summed E-state index contributed by atoms with van der Waals surface area (Å²) in [4.78, 5) is 4.46. The van der Waals surface area contributed by atoms with E-state index < -0.39 is 0 Å². The lowest BCUT2D eigenvalue weighted by Crippen LogP contribution is -2.32. The number of rotatable bonds is 2. The third-order valence-electron chi connectivity index (χ3n) is 3.23. The average Bonchev–Trinajstić information content (AvgIpc) is 2.75. The van der Waals surface area contributed by atoms with E-state index in [0.717, 1.165) is 24.5 Å². The van der Waals surface area contributed by atoms with Gasteiger partial charge >= 0.3 is 0 Å². The Labute approximate surface area is 106 Å². The molecule has 3 rings (SSSR count). The van der Waals surface area contributed by atoms with Crippen LogP contribution in [0.1, 0.15) is 18.1 Å². The highest BCUT2D eigenvalue weighted by atomic mass is 15.3. The molecule has 1 aliphatic heterocycles. The number of aryl methyl sites for hydroxylation is 1. The van der Waals surface area contributed by atoms with Gasteiger partial charge in [-0.25, -0.2) is 4.98 Å². The first-order valence-electron chi connectivity index (χ1n) is 6.17. The monoisotopic (exact) mass is 243 g/mol. The van der Waals surface area contributed by atoms with Crippen LogP contribution in [0, 0.1) is 0 Å². The van der Waals surface area contributed by atoms with Gasteiger partial charge in [-0.05, 0) is 30.5 Å². The van der Waals surface area contributed by atoms with E-state index >= 15 is 0 Å². The maximum Gasteiger partial charge on any atom is 0.130 e. The number of aromatic nitrogens is 3. The standard InChI is InChI=1S/C13H17N5/c1-9-3-10-6-15-13(4-11(10)5-14-9)17-12-7-16-18(2)8-12/h4,6-9,14H,3,5H2,1-2H3,(H,15,17)/t9-/m0/s1. The van der Waals surface area contributed by atoms with Gasteiger partial charge in [0.2, 0.25) is 0 Å². The molecule has 0 bridgehead atoms. The van der Waals surface area contributed by atoms with Crippen molar-refractivity contribution in [2.24, 2.45) is 7.05 Å². The van der Waals surface area contributed by atoms with Crippen LogP contribution in [-0.4, -0.2) is 20.8 Å². The highest BCUT2D eigenvalue weighted by Gasteiger charge is 2.15. The Balaban J connectivity index is 1.82. The SMILES string of the molecule is C[C@H]1Cc2cnc(Nc3cnn(C)c3)cc2CN1. The number of nitrogens with one attached hydrogen (secondary N) is 2. The summed E-state index contributed by atoms with van der Waals surface area (Å²) in [6.45, 7) is 3.12. The number of fused-ring (bicyclic) bond motifs is 1. The molecule has 0 aliphatic carbocycles. The molecule has 3 heterocycles. The second-order valence-electron chi connectivity index (χ2n) is 4.85. The maximum absolute atomic E-state index is 4.46. The van der Waals surface area contributed by atoms with Crippen LogP contribution in [0.15, 0.2) is 24.7 Å². The Kier molecular flexibility index (Phi) is 2.76. The molecule has 2 aromatic heterocycles. The van der Waals surface area contributed by atoms with Crippen molar-refractivity contribution in [2.45, 2.75) is 25.9 Å². The van der Waals surface area contributed by atoms with Crippen molar-refractivity contribution >= 4 is 11.5 Å². The predicted molar refractivity (Wildman–Crippen MR) is 70.7 cm³/mol. The Morgan fingerprint density at radius 1 is 1.39 bits per heavy atom. The molecule has 5 nitrogen and oxygen atoms in total. The molecule has 0 saturated heterocycles. The number of hydrogen-bond acceptors (Lipinski definition) is 4. The Morgan fingerprint density at radius 2 is 2.28 bits per heavy atom. The summed E-state index contributed by atoms with van der Waals surface area (Å²) in [6.07, 6.45) is 6.75. The third-order valence-corrected chi connectivity index (χ3v) is 3.23. The van der Waals surface area contributed by atoms with Crippen LogP contribution in [0.25, 0.3) is 0 Å². The summed E-state index contributed by atoms with van der Waals surface area (Å²) in [7, 11) is 1.90. The van der Waals surface area contributed by atoms with E-state index in [0.29, 0.717) is 6.04 Å². The van der Waals surface area contributed by atoms with Gasteiger partial charge in [0.05, 0.1) is 11.9 Å². The maximum atomic E-state index is 4.46. The highest BCUT2D eigenvalue weighted by molar-refractivity contribution is 5.55. The molecule has 1 aliphatic rings. The van der Waals surface area contributed by atoms with Crippen LogP contribution in [0.3, 0.4) is 0 Å². The fraction of sp³-hybridized carbons (Fsp3) is 0.385. The van der Waals surface area contributed by atoms with Gasteiger partial charge in [-0.1, -0.05) is 0 Å². The second kappa shape index (κ2) is 4.42. The van der Waals surface area contributed by atoms with Crippen LogP contribution in [0.5, 0.6) is 0 Å². The third kappa shape index (κ3) is 2.22. The number of anilines is 2. The minimum absolute atomic E-state index is 0.538. The summed E-state index contributed by atoms with van der Waals surface area (Å²) >= 11 is 0. The quantitative estimate of drug-likeness (QED) is 0.841. The number of pyridine rings is 1. The zero-order valence-corrected chi connectivity index (χ0v) is 10.6. The van der Waals surface area contributed by atoms with Gasteiger partial charge in [-0.3, -0.25) is 4.68 Å². The summed E-state index contributed by atoms with van der Waals surface area (Å²) in [6, 6.07) is 2.65. The first kappa shape index (κ1) is 11.2. The topological polar surface area (TPSA) is 54.8 Å². The molecular weight excluding hydrogens is 226 g/mol. The van der Waals surface area contributed by atoms with Crippen molar-refractivity contribution in [2.75, 3.05) is 5.32 Å². The fourth-order valence-electron chi connectivity index (χ4n) is 2.26. The molecule has 0 saturated carbocycles. The Hall–Kier alpha value is -1.88. The minimum Gasteiger partial charge on any atom is -0.338 e. The molecule has 1 atom stereocenters. The normalized spacial score (nSPS) is 18.4. The van der Waals surface area contributed by atoms with Gasteiger partial charge in [0.25, 0.3) is 0 Å². The number of hydrogen-bond donors (Lipinski definition) is 2. The van der Waals surface area contributed by atoms with Crippen LogP contribution < -0.4 is 10.6 Å². The molecule has 94 valence electrons. The van der Waals surface area contributed by atoms with Crippen molar-refractivity contribution < 1.29 is 0 Å². The minimum atomic E-state index is 0.538. The molecule has 0 aromatic carbocycles. The Morgan fingerprint density at radius 3 is 3.06 bits per heavy atom. The van der Waals surface area contributed by atoms with Gasteiger partial charge in [-0.2, -0.15) is 5.10 Å². The molecule has 0 spiro atoms. The molecular formula is C13H17N5. The zero-order valence-electron chi connectivity index (χ0n) is 10.6. The Bertz CT molecular complexity index is 560. The molecule has 5 heteroatoms. The van der Waals surface area contributed by atoms with Gasteiger partial charge in [-0.15, -0.1) is 0 Å². The summed E-state index contributed by atoms with van der Waals surface area (Å²) in [5.41, 5.74) is 3.63. The van der Waals surface area contributed by atoms with Gasteiger partial charge in [0, 0.05) is 32.0 Å². The average molecular weight is 243 g/mol. The second-order valence-corrected chi connectivity index (χ2v) is 4.85. The van der Waals surface area contributed by atoms with Crippen molar-refractivity contribution in [3.05, 3.63) is 35.8 Å². The first-order chi connectivity index (χ1) is 8.70. The van der Waals surface area contributed by atoms with Crippen LogP contribution in [0.2, 0.25) is 0 Å². The van der Waals surface area contributed by atoms with E-state index in [1.54, 1.807) is 10.9 Å². The van der Waals surface area contributed by atoms with Crippen molar-refractivity contribution in [3.8, 4) is 0 Å². The largest absolute Gasteiger partial charge is 0.338 e. The lowest BCUT2D eigenvalue weighted by Gasteiger charge is -2.23. The van der Waals surface area contributed by atoms with E-state index in [1.165, 1.54) is 11.1 Å².